The van der Waals surface area contributed by atoms with E-state index in [0.29, 0.717) is 11.9 Å². The molecule has 1 fully saturated rings. The molecule has 13 heavy (non-hydrogen) atoms. The summed E-state index contributed by atoms with van der Waals surface area (Å²) in [7, 11) is 0. The lowest BCUT2D eigenvalue weighted by Crippen LogP contribution is -2.18. The summed E-state index contributed by atoms with van der Waals surface area (Å²) in [6.07, 6.45) is 2.56. The zero-order valence-electron chi connectivity index (χ0n) is 7.63. The van der Waals surface area contributed by atoms with E-state index in [1.54, 1.807) is 12.1 Å². The molecule has 0 amide bonds. The minimum atomic E-state index is -0.423. The highest BCUT2D eigenvalue weighted by molar-refractivity contribution is 5.35. The van der Waals surface area contributed by atoms with Crippen molar-refractivity contribution in [3.8, 4) is 0 Å². The predicted octanol–water partition coefficient (Wildman–Crippen LogP) is 2.43. The molecule has 2 nitrogen and oxygen atoms in total. The van der Waals surface area contributed by atoms with E-state index in [-0.39, 0.29) is 0 Å². The van der Waals surface area contributed by atoms with Crippen molar-refractivity contribution in [2.24, 2.45) is 5.92 Å². The van der Waals surface area contributed by atoms with E-state index in [1.807, 2.05) is 0 Å². The van der Waals surface area contributed by atoms with Gasteiger partial charge >= 0.3 is 0 Å². The molecule has 70 valence electrons. The van der Waals surface area contributed by atoms with E-state index < -0.39 is 5.95 Å². The van der Waals surface area contributed by atoms with Crippen LogP contribution in [0.4, 0.5) is 10.2 Å². The lowest BCUT2D eigenvalue weighted by Gasteiger charge is -2.12. The molecule has 1 aliphatic rings. The van der Waals surface area contributed by atoms with Gasteiger partial charge in [0, 0.05) is 6.04 Å². The van der Waals surface area contributed by atoms with Gasteiger partial charge in [-0.25, -0.2) is 4.98 Å². The number of nitrogens with zero attached hydrogens (tertiary/aromatic N) is 1. The van der Waals surface area contributed by atoms with Gasteiger partial charge in [-0.3, -0.25) is 0 Å². The molecule has 0 radical (unpaired) electrons. The normalized spacial score (nSPS) is 18.3. The molecule has 1 aliphatic carbocycles. The number of halogens is 1. The van der Waals surface area contributed by atoms with Crippen molar-refractivity contribution in [1.82, 2.24) is 4.98 Å². The molecule has 3 heteroatoms. The minimum absolute atomic E-state index is 0.411. The third-order valence-corrected chi connectivity index (χ3v) is 2.42. The van der Waals surface area contributed by atoms with E-state index in [4.69, 9.17) is 0 Å². The standard InChI is InChI=1S/C10H13FN2/c1-7(8-5-6-8)12-10-4-2-3-9(11)13-10/h2-4,7-8H,5-6H2,1H3,(H,12,13)/t7-/m1/s1. The molecule has 0 aromatic carbocycles. The third-order valence-electron chi connectivity index (χ3n) is 2.42. The minimum Gasteiger partial charge on any atom is -0.367 e. The van der Waals surface area contributed by atoms with Crippen LogP contribution in [0.3, 0.4) is 0 Å². The quantitative estimate of drug-likeness (QED) is 0.722. The maximum atomic E-state index is 12.7. The summed E-state index contributed by atoms with van der Waals surface area (Å²) in [5.74, 6) is 0.970. The van der Waals surface area contributed by atoms with Crippen LogP contribution < -0.4 is 5.32 Å². The maximum absolute atomic E-state index is 12.7. The van der Waals surface area contributed by atoms with E-state index in [2.05, 4.69) is 17.2 Å². The second-order valence-electron chi connectivity index (χ2n) is 3.62. The van der Waals surface area contributed by atoms with Crippen molar-refractivity contribution in [2.75, 3.05) is 5.32 Å². The van der Waals surface area contributed by atoms with Gasteiger partial charge < -0.3 is 5.32 Å². The molecular weight excluding hydrogens is 167 g/mol. The van der Waals surface area contributed by atoms with E-state index in [0.717, 1.165) is 5.92 Å². The Bertz CT molecular complexity index is 297. The lowest BCUT2D eigenvalue weighted by atomic mass is 10.2. The van der Waals surface area contributed by atoms with Crippen LogP contribution in [0.15, 0.2) is 18.2 Å². The molecule has 1 saturated carbocycles. The number of rotatable bonds is 3. The Morgan fingerprint density at radius 1 is 1.54 bits per heavy atom. The van der Waals surface area contributed by atoms with Crippen molar-refractivity contribution < 1.29 is 4.39 Å². The molecule has 1 aromatic heterocycles. The summed E-state index contributed by atoms with van der Waals surface area (Å²) in [5, 5.41) is 3.19. The highest BCUT2D eigenvalue weighted by Crippen LogP contribution is 2.33. The van der Waals surface area contributed by atoms with Crippen molar-refractivity contribution in [3.05, 3.63) is 24.1 Å². The van der Waals surface area contributed by atoms with Crippen LogP contribution in [-0.2, 0) is 0 Å². The molecular formula is C10H13FN2. The summed E-state index contributed by atoms with van der Waals surface area (Å²) in [6, 6.07) is 5.23. The number of aromatic nitrogens is 1. The van der Waals surface area contributed by atoms with E-state index >= 15 is 0 Å². The van der Waals surface area contributed by atoms with Gasteiger partial charge in [0.15, 0.2) is 0 Å². The molecule has 1 atom stereocenters. The van der Waals surface area contributed by atoms with Gasteiger partial charge in [-0.05, 0) is 37.8 Å². The lowest BCUT2D eigenvalue weighted by molar-refractivity contribution is 0.582. The van der Waals surface area contributed by atoms with Gasteiger partial charge in [-0.15, -0.1) is 0 Å². The van der Waals surface area contributed by atoms with E-state index in [1.165, 1.54) is 18.9 Å². The van der Waals surface area contributed by atoms with Crippen LogP contribution >= 0.6 is 0 Å². The Morgan fingerprint density at radius 2 is 2.31 bits per heavy atom. The fourth-order valence-corrected chi connectivity index (χ4v) is 1.44. The van der Waals surface area contributed by atoms with Crippen molar-refractivity contribution in [1.29, 1.82) is 0 Å². The molecule has 1 N–H and O–H groups in total. The van der Waals surface area contributed by atoms with Gasteiger partial charge in [-0.2, -0.15) is 4.39 Å². The largest absolute Gasteiger partial charge is 0.367 e. The molecule has 0 bridgehead atoms. The summed E-state index contributed by atoms with van der Waals surface area (Å²) in [5.41, 5.74) is 0. The van der Waals surface area contributed by atoms with Gasteiger partial charge in [0.05, 0.1) is 0 Å². The zero-order valence-corrected chi connectivity index (χ0v) is 7.63. The summed E-state index contributed by atoms with van der Waals surface area (Å²) >= 11 is 0. The summed E-state index contributed by atoms with van der Waals surface area (Å²) in [6.45, 7) is 2.12. The van der Waals surface area contributed by atoms with Crippen LogP contribution in [0.1, 0.15) is 19.8 Å². The highest BCUT2D eigenvalue weighted by atomic mass is 19.1. The average molecular weight is 180 g/mol. The Labute approximate surface area is 77.2 Å². The van der Waals surface area contributed by atoms with Crippen molar-refractivity contribution in [2.45, 2.75) is 25.8 Å². The number of pyridine rings is 1. The van der Waals surface area contributed by atoms with Crippen LogP contribution in [0.2, 0.25) is 0 Å². The van der Waals surface area contributed by atoms with Crippen molar-refractivity contribution >= 4 is 5.82 Å². The predicted molar refractivity (Wildman–Crippen MR) is 50.0 cm³/mol. The van der Waals surface area contributed by atoms with Gasteiger partial charge in [0.2, 0.25) is 5.95 Å². The van der Waals surface area contributed by atoms with Crippen LogP contribution in [0, 0.1) is 11.9 Å². The Hall–Kier alpha value is -1.12. The Kier molecular flexibility index (Phi) is 2.17. The van der Waals surface area contributed by atoms with Gasteiger partial charge in [0.1, 0.15) is 5.82 Å². The second kappa shape index (κ2) is 3.32. The van der Waals surface area contributed by atoms with Crippen LogP contribution in [0.25, 0.3) is 0 Å². The molecule has 1 heterocycles. The summed E-state index contributed by atoms with van der Waals surface area (Å²) in [4.78, 5) is 3.75. The molecule has 0 spiro atoms. The van der Waals surface area contributed by atoms with E-state index in [9.17, 15) is 4.39 Å². The highest BCUT2D eigenvalue weighted by Gasteiger charge is 2.27. The number of anilines is 1. The maximum Gasteiger partial charge on any atom is 0.214 e. The fraction of sp³-hybridized carbons (Fsp3) is 0.500. The first-order valence-corrected chi connectivity index (χ1v) is 4.65. The van der Waals surface area contributed by atoms with Crippen LogP contribution in [0.5, 0.6) is 0 Å². The monoisotopic (exact) mass is 180 g/mol. The average Bonchev–Trinajstić information content (AvgIpc) is 2.85. The fourth-order valence-electron chi connectivity index (χ4n) is 1.44. The molecule has 0 unspecified atom stereocenters. The topological polar surface area (TPSA) is 24.9 Å². The number of nitrogens with one attached hydrogen (secondary N) is 1. The Balaban J connectivity index is 2.00. The van der Waals surface area contributed by atoms with Gasteiger partial charge in [-0.1, -0.05) is 6.07 Å². The molecule has 1 aromatic rings. The summed E-state index contributed by atoms with van der Waals surface area (Å²) < 4.78 is 12.7. The van der Waals surface area contributed by atoms with Crippen LogP contribution in [-0.4, -0.2) is 11.0 Å². The second-order valence-corrected chi connectivity index (χ2v) is 3.62. The Morgan fingerprint density at radius 3 is 2.92 bits per heavy atom. The molecule has 0 saturated heterocycles. The SMILES string of the molecule is C[C@@H](Nc1cccc(F)n1)C1CC1. The molecule has 0 aliphatic heterocycles. The first kappa shape index (κ1) is 8.48. The molecule has 2 rings (SSSR count). The third kappa shape index (κ3) is 2.17. The van der Waals surface area contributed by atoms with Gasteiger partial charge in [0.25, 0.3) is 0 Å². The first-order valence-electron chi connectivity index (χ1n) is 4.65. The van der Waals surface area contributed by atoms with Crippen molar-refractivity contribution in [3.63, 3.8) is 0 Å². The number of hydrogen-bond donors (Lipinski definition) is 1. The number of hydrogen-bond acceptors (Lipinski definition) is 2. The first-order chi connectivity index (χ1) is 6.25. The zero-order chi connectivity index (χ0) is 9.26. The smallest absolute Gasteiger partial charge is 0.214 e.